The highest BCUT2D eigenvalue weighted by molar-refractivity contribution is 5.77. The molecule has 0 amide bonds. The van der Waals surface area contributed by atoms with E-state index < -0.39 is 11.6 Å². The summed E-state index contributed by atoms with van der Waals surface area (Å²) in [6, 6.07) is 1.90. The normalized spacial score (nSPS) is 18.1. The van der Waals surface area contributed by atoms with Gasteiger partial charge >= 0.3 is 5.97 Å². The van der Waals surface area contributed by atoms with E-state index in [0.717, 1.165) is 0 Å². The van der Waals surface area contributed by atoms with Crippen molar-refractivity contribution in [1.82, 2.24) is 9.97 Å². The first-order chi connectivity index (χ1) is 8.55. The van der Waals surface area contributed by atoms with Crippen LogP contribution >= 0.6 is 0 Å². The maximum Gasteiger partial charge on any atom is 0.341 e. The smallest absolute Gasteiger partial charge is 0.341 e. The Kier molecular flexibility index (Phi) is 3.10. The van der Waals surface area contributed by atoms with Crippen LogP contribution in [0, 0.1) is 11.3 Å². The first-order valence-electron chi connectivity index (χ1n) is 5.44. The zero-order chi connectivity index (χ0) is 13.2. The van der Waals surface area contributed by atoms with E-state index in [0.29, 0.717) is 11.5 Å². The number of alkyl halides is 1. The molecule has 0 radical (unpaired) electrons. The number of hydrogen-bond acceptors (Lipinski definition) is 5. The van der Waals surface area contributed by atoms with Crippen molar-refractivity contribution in [2.45, 2.75) is 18.5 Å². The fourth-order valence-electron chi connectivity index (χ4n) is 1.82. The van der Waals surface area contributed by atoms with Gasteiger partial charge in [0.2, 0.25) is 11.6 Å². The molecule has 0 spiro atoms. The van der Waals surface area contributed by atoms with E-state index in [1.165, 1.54) is 12.4 Å². The fraction of sp³-hybridized carbons (Fsp3) is 0.455. The number of halogens is 1. The number of carboxylic acids is 1. The third kappa shape index (κ3) is 2.22. The molecular weight excluding hydrogens is 239 g/mol. The molecule has 0 unspecified atom stereocenters. The molecule has 1 aliphatic rings. The number of anilines is 1. The van der Waals surface area contributed by atoms with Crippen LogP contribution in [0.3, 0.4) is 0 Å². The van der Waals surface area contributed by atoms with Crippen LogP contribution in [0.25, 0.3) is 0 Å². The van der Waals surface area contributed by atoms with Gasteiger partial charge in [-0.2, -0.15) is 5.26 Å². The SMILES string of the molecule is N#Cc1cnc(N2CCC(F)(C(=O)O)CC2)nc1. The molecule has 1 aromatic heterocycles. The van der Waals surface area contributed by atoms with Crippen LogP contribution in [0.1, 0.15) is 18.4 Å². The number of hydrogen-bond donors (Lipinski definition) is 1. The van der Waals surface area contributed by atoms with Crippen molar-refractivity contribution in [2.75, 3.05) is 18.0 Å². The number of piperidine rings is 1. The lowest BCUT2D eigenvalue weighted by Gasteiger charge is -2.33. The van der Waals surface area contributed by atoms with Crippen LogP contribution in [0.4, 0.5) is 10.3 Å². The van der Waals surface area contributed by atoms with E-state index in [2.05, 4.69) is 9.97 Å². The van der Waals surface area contributed by atoms with Gasteiger partial charge in [0.1, 0.15) is 6.07 Å². The van der Waals surface area contributed by atoms with Crippen molar-refractivity contribution < 1.29 is 14.3 Å². The first-order valence-corrected chi connectivity index (χ1v) is 5.44. The molecule has 2 heterocycles. The number of aromatic nitrogens is 2. The minimum atomic E-state index is -2.15. The third-order valence-corrected chi connectivity index (χ3v) is 2.99. The van der Waals surface area contributed by atoms with Gasteiger partial charge in [0.15, 0.2) is 0 Å². The molecule has 0 atom stereocenters. The summed E-state index contributed by atoms with van der Waals surface area (Å²) in [6.45, 7) is 0.489. The van der Waals surface area contributed by atoms with Crippen LogP contribution in [0.15, 0.2) is 12.4 Å². The summed E-state index contributed by atoms with van der Waals surface area (Å²) in [5.74, 6) is -1.02. The van der Waals surface area contributed by atoms with E-state index in [1.54, 1.807) is 4.90 Å². The second-order valence-corrected chi connectivity index (χ2v) is 4.14. The van der Waals surface area contributed by atoms with E-state index in [-0.39, 0.29) is 25.9 Å². The van der Waals surface area contributed by atoms with Gasteiger partial charge in [-0.25, -0.2) is 19.2 Å². The summed E-state index contributed by atoms with van der Waals surface area (Å²) in [6.07, 6.45) is 2.59. The Morgan fingerprint density at radius 3 is 2.44 bits per heavy atom. The molecule has 1 N–H and O–H groups in total. The Hall–Kier alpha value is -2.23. The quantitative estimate of drug-likeness (QED) is 0.832. The van der Waals surface area contributed by atoms with E-state index in [4.69, 9.17) is 10.4 Å². The zero-order valence-corrected chi connectivity index (χ0v) is 9.51. The standard InChI is InChI=1S/C11H11FN4O2/c12-11(9(17)18)1-3-16(4-2-11)10-14-6-8(5-13)7-15-10/h6-7H,1-4H2,(H,17,18). The van der Waals surface area contributed by atoms with Crippen molar-refractivity contribution in [3.8, 4) is 6.07 Å². The summed E-state index contributed by atoms with van der Waals surface area (Å²) in [5.41, 5.74) is -1.80. The second-order valence-electron chi connectivity index (χ2n) is 4.14. The van der Waals surface area contributed by atoms with E-state index in [9.17, 15) is 9.18 Å². The topological polar surface area (TPSA) is 90.1 Å². The summed E-state index contributed by atoms with van der Waals surface area (Å²) in [7, 11) is 0. The maximum absolute atomic E-state index is 13.8. The number of aliphatic carboxylic acids is 1. The summed E-state index contributed by atoms with van der Waals surface area (Å²) < 4.78 is 13.8. The molecule has 1 fully saturated rings. The monoisotopic (exact) mass is 250 g/mol. The van der Waals surface area contributed by atoms with Crippen molar-refractivity contribution in [2.24, 2.45) is 0 Å². The fourth-order valence-corrected chi connectivity index (χ4v) is 1.82. The number of nitrogens with zero attached hydrogens (tertiary/aromatic N) is 4. The molecule has 0 aliphatic carbocycles. The van der Waals surface area contributed by atoms with Gasteiger partial charge in [0.05, 0.1) is 18.0 Å². The number of nitriles is 1. The molecule has 6 nitrogen and oxygen atoms in total. The molecule has 0 saturated carbocycles. The maximum atomic E-state index is 13.8. The van der Waals surface area contributed by atoms with Gasteiger partial charge in [-0.3, -0.25) is 0 Å². The first kappa shape index (κ1) is 12.2. The number of carbonyl (C=O) groups is 1. The van der Waals surface area contributed by atoms with Crippen molar-refractivity contribution in [3.05, 3.63) is 18.0 Å². The Morgan fingerprint density at radius 2 is 2.00 bits per heavy atom. The van der Waals surface area contributed by atoms with E-state index >= 15 is 0 Å². The van der Waals surface area contributed by atoms with Crippen LogP contribution in [0.2, 0.25) is 0 Å². The lowest BCUT2D eigenvalue weighted by Crippen LogP contribution is -2.47. The molecule has 18 heavy (non-hydrogen) atoms. The van der Waals surface area contributed by atoms with Gasteiger partial charge in [0, 0.05) is 25.9 Å². The average Bonchev–Trinajstić information content (AvgIpc) is 2.40. The van der Waals surface area contributed by atoms with Crippen molar-refractivity contribution >= 4 is 11.9 Å². The lowest BCUT2D eigenvalue weighted by molar-refractivity contribution is -0.152. The number of carboxylic acid groups (broad SMARTS) is 1. The Labute approximate surface area is 103 Å². The average molecular weight is 250 g/mol. The van der Waals surface area contributed by atoms with Gasteiger partial charge in [-0.1, -0.05) is 0 Å². The van der Waals surface area contributed by atoms with Crippen LogP contribution in [-0.4, -0.2) is 39.8 Å². The van der Waals surface area contributed by atoms with Gasteiger partial charge < -0.3 is 10.0 Å². The lowest BCUT2D eigenvalue weighted by atomic mass is 9.94. The van der Waals surface area contributed by atoms with Gasteiger partial charge in [-0.05, 0) is 0 Å². The van der Waals surface area contributed by atoms with Crippen molar-refractivity contribution in [1.29, 1.82) is 5.26 Å². The highest BCUT2D eigenvalue weighted by Crippen LogP contribution is 2.28. The van der Waals surface area contributed by atoms with E-state index in [1.807, 2.05) is 6.07 Å². The Morgan fingerprint density at radius 1 is 1.44 bits per heavy atom. The van der Waals surface area contributed by atoms with Crippen LogP contribution in [0.5, 0.6) is 0 Å². The Bertz CT molecular complexity index is 489. The molecule has 1 aliphatic heterocycles. The molecule has 94 valence electrons. The summed E-state index contributed by atoms with van der Waals surface area (Å²) in [5, 5.41) is 17.4. The van der Waals surface area contributed by atoms with Crippen LogP contribution in [-0.2, 0) is 4.79 Å². The Balaban J connectivity index is 2.05. The van der Waals surface area contributed by atoms with Crippen molar-refractivity contribution in [3.63, 3.8) is 0 Å². The van der Waals surface area contributed by atoms with Gasteiger partial charge in [0.25, 0.3) is 0 Å². The largest absolute Gasteiger partial charge is 0.479 e. The molecule has 7 heteroatoms. The minimum Gasteiger partial charge on any atom is -0.479 e. The van der Waals surface area contributed by atoms with Gasteiger partial charge in [-0.15, -0.1) is 0 Å². The second kappa shape index (κ2) is 4.56. The predicted molar refractivity (Wildman–Crippen MR) is 59.7 cm³/mol. The summed E-state index contributed by atoms with van der Waals surface area (Å²) >= 11 is 0. The summed E-state index contributed by atoms with van der Waals surface area (Å²) in [4.78, 5) is 20.4. The molecular formula is C11H11FN4O2. The predicted octanol–water partition coefficient (Wildman–Crippen LogP) is 0.741. The highest BCUT2D eigenvalue weighted by Gasteiger charge is 2.42. The molecule has 1 aromatic rings. The zero-order valence-electron chi connectivity index (χ0n) is 9.51. The number of rotatable bonds is 2. The molecule has 2 rings (SSSR count). The third-order valence-electron chi connectivity index (χ3n) is 2.99. The highest BCUT2D eigenvalue weighted by atomic mass is 19.1. The molecule has 1 saturated heterocycles. The molecule has 0 aromatic carbocycles. The van der Waals surface area contributed by atoms with Crippen LogP contribution < -0.4 is 4.90 Å². The minimum absolute atomic E-state index is 0.0916. The molecule has 0 bridgehead atoms.